The van der Waals surface area contributed by atoms with E-state index in [0.29, 0.717) is 0 Å². The molecule has 2 rings (SSSR count). The summed E-state index contributed by atoms with van der Waals surface area (Å²) in [6, 6.07) is 10.1. The summed E-state index contributed by atoms with van der Waals surface area (Å²) in [4.78, 5) is 0. The molecule has 0 saturated heterocycles. The molecule has 1 atom stereocenters. The van der Waals surface area contributed by atoms with Gasteiger partial charge in [-0.1, -0.05) is 49.1 Å². The van der Waals surface area contributed by atoms with Crippen LogP contribution in [0.5, 0.6) is 0 Å². The van der Waals surface area contributed by atoms with Gasteiger partial charge in [0.1, 0.15) is 6.10 Å². The molecule has 1 unspecified atom stereocenters. The number of hydrogen-bond acceptors (Lipinski definition) is 2. The zero-order chi connectivity index (χ0) is 12.5. The highest BCUT2D eigenvalue weighted by Crippen LogP contribution is 2.21. The van der Waals surface area contributed by atoms with E-state index in [9.17, 15) is 5.11 Å². The maximum Gasteiger partial charge on any atom is 0.107 e. The third-order valence-corrected chi connectivity index (χ3v) is 5.02. The van der Waals surface area contributed by atoms with Gasteiger partial charge in [-0.3, -0.25) is 0 Å². The second kappa shape index (κ2) is 4.51. The molecule has 90 valence electrons. The standard InChI is InChI=1S/C14H18O2Si/c1-17(2,3)13-6-4-11(5-7-13)14(15)12-8-9-16-10-12/h4-10,14-15H,1-3H3. The summed E-state index contributed by atoms with van der Waals surface area (Å²) in [5.74, 6) is 0. The van der Waals surface area contributed by atoms with Gasteiger partial charge in [-0.05, 0) is 11.6 Å². The molecule has 2 nitrogen and oxygen atoms in total. The molecule has 0 bridgehead atoms. The van der Waals surface area contributed by atoms with Crippen LogP contribution in [-0.4, -0.2) is 13.2 Å². The summed E-state index contributed by atoms with van der Waals surface area (Å²) < 4.78 is 4.98. The lowest BCUT2D eigenvalue weighted by Crippen LogP contribution is -2.37. The fourth-order valence-electron chi connectivity index (χ4n) is 1.79. The average molecular weight is 246 g/mol. The van der Waals surface area contributed by atoms with Crippen LogP contribution in [0.25, 0.3) is 0 Å². The van der Waals surface area contributed by atoms with Gasteiger partial charge in [-0.25, -0.2) is 0 Å². The fourth-order valence-corrected chi connectivity index (χ4v) is 2.96. The van der Waals surface area contributed by atoms with Crippen LogP contribution in [0.2, 0.25) is 19.6 Å². The smallest absolute Gasteiger partial charge is 0.107 e. The second-order valence-electron chi connectivity index (χ2n) is 5.33. The molecule has 1 heterocycles. The van der Waals surface area contributed by atoms with Crippen LogP contribution in [0.4, 0.5) is 0 Å². The van der Waals surface area contributed by atoms with Crippen molar-refractivity contribution in [3.63, 3.8) is 0 Å². The maximum atomic E-state index is 10.1. The monoisotopic (exact) mass is 246 g/mol. The Bertz CT molecular complexity index is 466. The summed E-state index contributed by atoms with van der Waals surface area (Å²) in [6.45, 7) is 6.94. The van der Waals surface area contributed by atoms with Crippen LogP contribution in [0.15, 0.2) is 47.3 Å². The van der Waals surface area contributed by atoms with Gasteiger partial charge in [0, 0.05) is 5.56 Å². The molecule has 1 aromatic heterocycles. The Labute approximate surface area is 103 Å². The molecule has 17 heavy (non-hydrogen) atoms. The molecule has 3 heteroatoms. The lowest BCUT2D eigenvalue weighted by molar-refractivity contribution is 0.219. The number of hydrogen-bond donors (Lipinski definition) is 1. The van der Waals surface area contributed by atoms with Crippen molar-refractivity contribution in [1.82, 2.24) is 0 Å². The van der Waals surface area contributed by atoms with Crippen molar-refractivity contribution in [2.45, 2.75) is 25.7 Å². The number of rotatable bonds is 3. The molecule has 2 aromatic rings. The van der Waals surface area contributed by atoms with Gasteiger partial charge in [0.15, 0.2) is 0 Å². The molecule has 0 radical (unpaired) electrons. The Morgan fingerprint density at radius 1 is 1.00 bits per heavy atom. The first-order valence-corrected chi connectivity index (χ1v) is 9.29. The zero-order valence-corrected chi connectivity index (χ0v) is 11.5. The minimum atomic E-state index is -1.26. The first-order chi connectivity index (χ1) is 7.98. The molecule has 0 amide bonds. The van der Waals surface area contributed by atoms with Crippen molar-refractivity contribution in [2.24, 2.45) is 0 Å². The van der Waals surface area contributed by atoms with E-state index in [1.54, 1.807) is 18.6 Å². The van der Waals surface area contributed by atoms with Crippen molar-refractivity contribution in [2.75, 3.05) is 0 Å². The Kier molecular flexibility index (Phi) is 3.22. The van der Waals surface area contributed by atoms with Crippen molar-refractivity contribution in [1.29, 1.82) is 0 Å². The Morgan fingerprint density at radius 2 is 1.65 bits per heavy atom. The van der Waals surface area contributed by atoms with Gasteiger partial charge < -0.3 is 9.52 Å². The Hall–Kier alpha value is -1.32. The van der Waals surface area contributed by atoms with Crippen molar-refractivity contribution in [3.8, 4) is 0 Å². The van der Waals surface area contributed by atoms with E-state index in [1.807, 2.05) is 12.1 Å². The number of aliphatic hydroxyl groups is 1. The molecule has 0 aliphatic carbocycles. The first-order valence-electron chi connectivity index (χ1n) is 5.79. The van der Waals surface area contributed by atoms with Crippen LogP contribution >= 0.6 is 0 Å². The molecule has 0 aliphatic heterocycles. The third-order valence-electron chi connectivity index (χ3n) is 2.95. The van der Waals surface area contributed by atoms with Gasteiger partial charge in [0.05, 0.1) is 20.6 Å². The summed E-state index contributed by atoms with van der Waals surface area (Å²) in [7, 11) is -1.26. The van der Waals surface area contributed by atoms with Gasteiger partial charge in [0.25, 0.3) is 0 Å². The molecule has 0 fully saturated rings. The topological polar surface area (TPSA) is 33.4 Å². The quantitative estimate of drug-likeness (QED) is 0.845. The van der Waals surface area contributed by atoms with Crippen LogP contribution in [0, 0.1) is 0 Å². The zero-order valence-electron chi connectivity index (χ0n) is 10.5. The van der Waals surface area contributed by atoms with Gasteiger partial charge in [0.2, 0.25) is 0 Å². The van der Waals surface area contributed by atoms with E-state index < -0.39 is 14.2 Å². The molecule has 0 saturated carbocycles. The van der Waals surface area contributed by atoms with Crippen molar-refractivity contribution in [3.05, 3.63) is 54.0 Å². The van der Waals surface area contributed by atoms with E-state index in [0.717, 1.165) is 11.1 Å². The van der Waals surface area contributed by atoms with E-state index in [2.05, 4.69) is 31.8 Å². The number of furan rings is 1. The lowest BCUT2D eigenvalue weighted by Gasteiger charge is -2.17. The Balaban J connectivity index is 2.24. The minimum Gasteiger partial charge on any atom is -0.472 e. The highest BCUT2D eigenvalue weighted by atomic mass is 28.3. The molecular formula is C14H18O2Si. The van der Waals surface area contributed by atoms with Gasteiger partial charge in [-0.15, -0.1) is 0 Å². The SMILES string of the molecule is C[Si](C)(C)c1ccc(C(O)c2ccoc2)cc1. The Morgan fingerprint density at radius 3 is 2.12 bits per heavy atom. The third kappa shape index (κ3) is 2.68. The molecule has 1 aromatic carbocycles. The molecule has 0 aliphatic rings. The van der Waals surface area contributed by atoms with Crippen LogP contribution in [0.3, 0.4) is 0 Å². The number of benzene rings is 1. The predicted octanol–water partition coefficient (Wildman–Crippen LogP) is 2.91. The van der Waals surface area contributed by atoms with Crippen LogP contribution in [-0.2, 0) is 0 Å². The molecule has 0 spiro atoms. The van der Waals surface area contributed by atoms with Crippen molar-refractivity contribution >= 4 is 13.3 Å². The second-order valence-corrected chi connectivity index (χ2v) is 10.4. The minimum absolute atomic E-state index is 0.593. The maximum absolute atomic E-state index is 10.1. The summed E-state index contributed by atoms with van der Waals surface area (Å²) in [5, 5.41) is 11.5. The summed E-state index contributed by atoms with van der Waals surface area (Å²) >= 11 is 0. The lowest BCUT2D eigenvalue weighted by atomic mass is 10.0. The summed E-state index contributed by atoms with van der Waals surface area (Å²) in [5.41, 5.74) is 1.71. The molecular weight excluding hydrogens is 228 g/mol. The average Bonchev–Trinajstić information content (AvgIpc) is 2.80. The van der Waals surface area contributed by atoms with E-state index in [1.165, 1.54) is 5.19 Å². The summed E-state index contributed by atoms with van der Waals surface area (Å²) in [6.07, 6.45) is 2.57. The normalized spacial score (nSPS) is 13.6. The van der Waals surface area contributed by atoms with E-state index in [-0.39, 0.29) is 0 Å². The highest BCUT2D eigenvalue weighted by Gasteiger charge is 2.17. The highest BCUT2D eigenvalue weighted by molar-refractivity contribution is 6.88. The van der Waals surface area contributed by atoms with Crippen LogP contribution in [0.1, 0.15) is 17.2 Å². The first kappa shape index (κ1) is 12.1. The predicted molar refractivity (Wildman–Crippen MR) is 72.2 cm³/mol. The molecule has 1 N–H and O–H groups in total. The number of aliphatic hydroxyl groups excluding tert-OH is 1. The van der Waals surface area contributed by atoms with Crippen molar-refractivity contribution < 1.29 is 9.52 Å². The largest absolute Gasteiger partial charge is 0.472 e. The van der Waals surface area contributed by atoms with Gasteiger partial charge >= 0.3 is 0 Å². The van der Waals surface area contributed by atoms with Crippen LogP contribution < -0.4 is 5.19 Å². The van der Waals surface area contributed by atoms with Gasteiger partial charge in [-0.2, -0.15) is 0 Å². The van der Waals surface area contributed by atoms with E-state index in [4.69, 9.17) is 4.42 Å². The fraction of sp³-hybridized carbons (Fsp3) is 0.286. The van der Waals surface area contributed by atoms with E-state index >= 15 is 0 Å².